The Hall–Kier alpha value is -2.10. The summed E-state index contributed by atoms with van der Waals surface area (Å²) in [6, 6.07) is 7.69. The van der Waals surface area contributed by atoms with Crippen LogP contribution in [0.1, 0.15) is 22.0 Å². The minimum Gasteiger partial charge on any atom is -0.463 e. The van der Waals surface area contributed by atoms with Crippen LogP contribution in [0.2, 0.25) is 0 Å². The Labute approximate surface area is 99.2 Å². The first-order valence-electron chi connectivity index (χ1n) is 5.25. The molecular formula is C13H13NO3. The Morgan fingerprint density at radius 3 is 2.65 bits per heavy atom. The number of methoxy groups -OCH3 is 1. The number of carbonyl (C=O) groups is 1. The first kappa shape index (κ1) is 11.4. The van der Waals surface area contributed by atoms with Gasteiger partial charge in [-0.2, -0.15) is 0 Å². The van der Waals surface area contributed by atoms with E-state index < -0.39 is 5.97 Å². The third kappa shape index (κ3) is 2.06. The molecule has 0 radical (unpaired) electrons. The monoisotopic (exact) mass is 231 g/mol. The van der Waals surface area contributed by atoms with Crippen molar-refractivity contribution in [3.8, 4) is 11.3 Å². The number of ether oxygens (including phenoxy) is 1. The van der Waals surface area contributed by atoms with Gasteiger partial charge < -0.3 is 9.15 Å². The van der Waals surface area contributed by atoms with Gasteiger partial charge in [-0.15, -0.1) is 0 Å². The fraction of sp³-hybridized carbons (Fsp3) is 0.231. The third-order valence-electron chi connectivity index (χ3n) is 2.51. The van der Waals surface area contributed by atoms with Crippen LogP contribution in [0.25, 0.3) is 11.3 Å². The zero-order valence-corrected chi connectivity index (χ0v) is 9.98. The molecule has 0 aliphatic carbocycles. The highest BCUT2D eigenvalue weighted by atomic mass is 16.5. The van der Waals surface area contributed by atoms with Gasteiger partial charge in [-0.1, -0.05) is 24.3 Å². The topological polar surface area (TPSA) is 52.3 Å². The molecule has 0 saturated carbocycles. The number of aromatic nitrogens is 1. The summed E-state index contributed by atoms with van der Waals surface area (Å²) >= 11 is 0. The molecule has 17 heavy (non-hydrogen) atoms. The van der Waals surface area contributed by atoms with Crippen molar-refractivity contribution in [2.45, 2.75) is 13.8 Å². The molecule has 0 amide bonds. The van der Waals surface area contributed by atoms with E-state index in [1.54, 1.807) is 6.92 Å². The number of rotatable bonds is 2. The van der Waals surface area contributed by atoms with Crippen molar-refractivity contribution in [1.29, 1.82) is 0 Å². The lowest BCUT2D eigenvalue weighted by molar-refractivity contribution is 0.0565. The van der Waals surface area contributed by atoms with E-state index in [-0.39, 0.29) is 5.76 Å². The molecule has 0 unspecified atom stereocenters. The van der Waals surface area contributed by atoms with Crippen LogP contribution in [0.5, 0.6) is 0 Å². The van der Waals surface area contributed by atoms with Crippen LogP contribution < -0.4 is 0 Å². The molecule has 4 heteroatoms. The van der Waals surface area contributed by atoms with E-state index in [0.717, 1.165) is 11.1 Å². The molecule has 0 aliphatic heterocycles. The van der Waals surface area contributed by atoms with Crippen LogP contribution in [0.4, 0.5) is 0 Å². The molecule has 1 aromatic heterocycles. The SMILES string of the molecule is COC(=O)c1oc(C)nc1-c1ccccc1C. The zero-order valence-electron chi connectivity index (χ0n) is 9.98. The molecule has 0 aliphatic rings. The summed E-state index contributed by atoms with van der Waals surface area (Å²) < 4.78 is 9.97. The molecule has 1 heterocycles. The molecule has 0 spiro atoms. The summed E-state index contributed by atoms with van der Waals surface area (Å²) in [5.41, 5.74) is 2.45. The smallest absolute Gasteiger partial charge is 0.376 e. The van der Waals surface area contributed by atoms with Gasteiger partial charge in [-0.25, -0.2) is 9.78 Å². The molecule has 0 atom stereocenters. The molecule has 2 rings (SSSR count). The lowest BCUT2D eigenvalue weighted by Crippen LogP contribution is -2.01. The predicted molar refractivity (Wildman–Crippen MR) is 62.8 cm³/mol. The van der Waals surface area contributed by atoms with Crippen LogP contribution in [0.3, 0.4) is 0 Å². The minimum atomic E-state index is -0.510. The minimum absolute atomic E-state index is 0.152. The summed E-state index contributed by atoms with van der Waals surface area (Å²) in [5.74, 6) is 0.0896. The van der Waals surface area contributed by atoms with Crippen molar-refractivity contribution < 1.29 is 13.9 Å². The Kier molecular flexibility index (Phi) is 2.95. The van der Waals surface area contributed by atoms with E-state index in [1.807, 2.05) is 31.2 Å². The number of hydrogen-bond acceptors (Lipinski definition) is 4. The lowest BCUT2D eigenvalue weighted by atomic mass is 10.0. The second kappa shape index (κ2) is 4.41. The molecular weight excluding hydrogens is 218 g/mol. The highest BCUT2D eigenvalue weighted by Gasteiger charge is 2.21. The number of oxazole rings is 1. The second-order valence-corrected chi connectivity index (χ2v) is 3.72. The van der Waals surface area contributed by atoms with Gasteiger partial charge in [0.05, 0.1) is 7.11 Å². The summed E-state index contributed by atoms with van der Waals surface area (Å²) in [6.07, 6.45) is 0. The number of benzene rings is 1. The van der Waals surface area contributed by atoms with Crippen molar-refractivity contribution in [1.82, 2.24) is 4.98 Å². The normalized spacial score (nSPS) is 10.3. The van der Waals surface area contributed by atoms with Gasteiger partial charge in [0.1, 0.15) is 5.69 Å². The van der Waals surface area contributed by atoms with E-state index in [0.29, 0.717) is 11.6 Å². The Bertz CT molecular complexity index is 558. The number of aryl methyl sites for hydroxylation is 2. The first-order chi connectivity index (χ1) is 8.13. The standard InChI is InChI=1S/C13H13NO3/c1-8-6-4-5-7-10(8)11-12(13(15)16-3)17-9(2)14-11/h4-7H,1-3H3. The molecule has 0 N–H and O–H groups in total. The summed E-state index contributed by atoms with van der Waals surface area (Å²) in [5, 5.41) is 0. The summed E-state index contributed by atoms with van der Waals surface area (Å²) in [4.78, 5) is 15.8. The number of hydrogen-bond donors (Lipinski definition) is 0. The summed E-state index contributed by atoms with van der Waals surface area (Å²) in [6.45, 7) is 3.66. The second-order valence-electron chi connectivity index (χ2n) is 3.72. The van der Waals surface area contributed by atoms with Gasteiger partial charge in [0, 0.05) is 12.5 Å². The van der Waals surface area contributed by atoms with E-state index >= 15 is 0 Å². The van der Waals surface area contributed by atoms with Crippen molar-refractivity contribution in [2.75, 3.05) is 7.11 Å². The number of nitrogens with zero attached hydrogens (tertiary/aromatic N) is 1. The van der Waals surface area contributed by atoms with E-state index in [2.05, 4.69) is 9.72 Å². The lowest BCUT2D eigenvalue weighted by Gasteiger charge is -2.02. The predicted octanol–water partition coefficient (Wildman–Crippen LogP) is 2.75. The molecule has 88 valence electrons. The molecule has 4 nitrogen and oxygen atoms in total. The first-order valence-corrected chi connectivity index (χ1v) is 5.25. The Balaban J connectivity index is 2.60. The van der Waals surface area contributed by atoms with Gasteiger partial charge in [0.25, 0.3) is 0 Å². The molecule has 0 bridgehead atoms. The summed E-state index contributed by atoms with van der Waals surface area (Å²) in [7, 11) is 1.32. The zero-order chi connectivity index (χ0) is 12.4. The molecule has 2 aromatic rings. The maximum Gasteiger partial charge on any atom is 0.376 e. The van der Waals surface area contributed by atoms with Crippen molar-refractivity contribution in [3.05, 3.63) is 41.5 Å². The number of carbonyl (C=O) groups excluding carboxylic acids is 1. The highest BCUT2D eigenvalue weighted by molar-refractivity contribution is 5.93. The van der Waals surface area contributed by atoms with Gasteiger partial charge in [0.2, 0.25) is 5.76 Å². The molecule has 1 aromatic carbocycles. The highest BCUT2D eigenvalue weighted by Crippen LogP contribution is 2.27. The van der Waals surface area contributed by atoms with Gasteiger partial charge in [-0.05, 0) is 12.5 Å². The van der Waals surface area contributed by atoms with Crippen molar-refractivity contribution in [3.63, 3.8) is 0 Å². The third-order valence-corrected chi connectivity index (χ3v) is 2.51. The van der Waals surface area contributed by atoms with Crippen molar-refractivity contribution in [2.24, 2.45) is 0 Å². The molecule has 0 saturated heterocycles. The van der Waals surface area contributed by atoms with Crippen LogP contribution in [0.15, 0.2) is 28.7 Å². The average Bonchev–Trinajstić information content (AvgIpc) is 2.71. The van der Waals surface area contributed by atoms with Crippen LogP contribution >= 0.6 is 0 Å². The van der Waals surface area contributed by atoms with Crippen LogP contribution in [-0.2, 0) is 4.74 Å². The van der Waals surface area contributed by atoms with E-state index in [9.17, 15) is 4.79 Å². The fourth-order valence-corrected chi connectivity index (χ4v) is 1.68. The van der Waals surface area contributed by atoms with Gasteiger partial charge in [-0.3, -0.25) is 0 Å². The van der Waals surface area contributed by atoms with Gasteiger partial charge >= 0.3 is 5.97 Å². The van der Waals surface area contributed by atoms with Gasteiger partial charge in [0.15, 0.2) is 5.89 Å². The van der Waals surface area contributed by atoms with Crippen LogP contribution in [-0.4, -0.2) is 18.1 Å². The fourth-order valence-electron chi connectivity index (χ4n) is 1.68. The number of esters is 1. The Morgan fingerprint density at radius 1 is 1.29 bits per heavy atom. The molecule has 0 fully saturated rings. The largest absolute Gasteiger partial charge is 0.463 e. The van der Waals surface area contributed by atoms with E-state index in [1.165, 1.54) is 7.11 Å². The maximum atomic E-state index is 11.6. The van der Waals surface area contributed by atoms with Crippen LogP contribution in [0, 0.1) is 13.8 Å². The van der Waals surface area contributed by atoms with E-state index in [4.69, 9.17) is 4.42 Å². The Morgan fingerprint density at radius 2 is 2.00 bits per heavy atom. The quantitative estimate of drug-likeness (QED) is 0.746. The average molecular weight is 231 g/mol. The van der Waals surface area contributed by atoms with Crippen molar-refractivity contribution >= 4 is 5.97 Å². The maximum absolute atomic E-state index is 11.6.